The van der Waals surface area contributed by atoms with Crippen LogP contribution in [-0.4, -0.2) is 29.9 Å². The maximum Gasteiger partial charge on any atom is 0.335 e. The van der Waals surface area contributed by atoms with Gasteiger partial charge in [-0.25, -0.2) is 9.69 Å². The van der Waals surface area contributed by atoms with Crippen molar-refractivity contribution < 1.29 is 28.8 Å². The topological polar surface area (TPSA) is 128 Å². The first-order valence-corrected chi connectivity index (χ1v) is 10.8. The van der Waals surface area contributed by atoms with Crippen molar-refractivity contribution in [2.45, 2.75) is 13.5 Å². The van der Waals surface area contributed by atoms with Crippen LogP contribution in [0.3, 0.4) is 0 Å². The number of hydrogen-bond acceptors (Lipinski definition) is 7. The van der Waals surface area contributed by atoms with Gasteiger partial charge >= 0.3 is 6.03 Å². The molecule has 4 rings (SSSR count). The third-order valence-corrected chi connectivity index (χ3v) is 5.49. The number of benzene rings is 3. The average molecular weight is 487 g/mol. The number of nitrogens with one attached hydrogen (secondary N) is 1. The van der Waals surface area contributed by atoms with Gasteiger partial charge in [0.1, 0.15) is 23.7 Å². The van der Waals surface area contributed by atoms with Crippen molar-refractivity contribution in [1.82, 2.24) is 5.32 Å². The molecule has 10 heteroatoms. The zero-order valence-electron chi connectivity index (χ0n) is 19.4. The van der Waals surface area contributed by atoms with Crippen LogP contribution in [0.15, 0.2) is 72.3 Å². The summed E-state index contributed by atoms with van der Waals surface area (Å²) in [5, 5.41) is 13.3. The van der Waals surface area contributed by atoms with Gasteiger partial charge in [-0.15, -0.1) is 0 Å². The fraction of sp³-hybridized carbons (Fsp3) is 0.115. The van der Waals surface area contributed by atoms with Gasteiger partial charge < -0.3 is 9.47 Å². The number of methoxy groups -OCH3 is 1. The minimum absolute atomic E-state index is 0.0149. The maximum absolute atomic E-state index is 13.3. The Balaban J connectivity index is 1.69. The number of nitrogens with zero attached hydrogens (tertiary/aromatic N) is 2. The molecular weight excluding hydrogens is 466 g/mol. The third kappa shape index (κ3) is 4.92. The van der Waals surface area contributed by atoms with Gasteiger partial charge in [-0.3, -0.25) is 25.0 Å². The van der Waals surface area contributed by atoms with Crippen molar-refractivity contribution in [3.8, 4) is 11.5 Å². The molecule has 182 valence electrons. The summed E-state index contributed by atoms with van der Waals surface area (Å²) in [4.78, 5) is 49.9. The number of rotatable bonds is 7. The van der Waals surface area contributed by atoms with E-state index in [-0.39, 0.29) is 23.6 Å². The van der Waals surface area contributed by atoms with Gasteiger partial charge in [0.15, 0.2) is 0 Å². The van der Waals surface area contributed by atoms with E-state index in [0.717, 1.165) is 4.90 Å². The maximum atomic E-state index is 13.3. The first-order valence-electron chi connectivity index (χ1n) is 10.8. The van der Waals surface area contributed by atoms with Crippen molar-refractivity contribution >= 4 is 35.3 Å². The molecule has 3 aromatic rings. The number of non-ortho nitro benzene ring substituents is 1. The summed E-state index contributed by atoms with van der Waals surface area (Å²) in [5.41, 5.74) is 1.63. The highest BCUT2D eigenvalue weighted by Gasteiger charge is 2.37. The van der Waals surface area contributed by atoms with Crippen molar-refractivity contribution in [2.75, 3.05) is 12.0 Å². The van der Waals surface area contributed by atoms with E-state index in [9.17, 15) is 24.5 Å². The van der Waals surface area contributed by atoms with Gasteiger partial charge in [0.25, 0.3) is 17.5 Å². The first kappa shape index (κ1) is 24.1. The number of ether oxygens (including phenoxy) is 2. The molecule has 0 unspecified atom stereocenters. The Morgan fingerprint density at radius 3 is 2.53 bits per heavy atom. The summed E-state index contributed by atoms with van der Waals surface area (Å²) in [6.07, 6.45) is 1.33. The van der Waals surface area contributed by atoms with Gasteiger partial charge in [-0.05, 0) is 42.3 Å². The lowest BCUT2D eigenvalue weighted by atomic mass is 10.0. The molecule has 1 N–H and O–H groups in total. The summed E-state index contributed by atoms with van der Waals surface area (Å²) in [7, 11) is 1.47. The Labute approximate surface area is 205 Å². The molecule has 0 spiro atoms. The SMILES string of the molecule is COc1ccc(/C=C2\C(=O)NC(=O)N(c3ccccc3C)C2=O)c(OCc2cccc([N+](=O)[O-])c2)c1. The number of nitro benzene ring substituents is 1. The molecular formula is C26H21N3O7. The molecule has 0 atom stereocenters. The van der Waals surface area contributed by atoms with E-state index in [1.807, 2.05) is 0 Å². The monoisotopic (exact) mass is 487 g/mol. The van der Waals surface area contributed by atoms with Crippen molar-refractivity contribution in [3.63, 3.8) is 0 Å². The van der Waals surface area contributed by atoms with E-state index in [4.69, 9.17) is 9.47 Å². The Morgan fingerprint density at radius 2 is 1.81 bits per heavy atom. The highest BCUT2D eigenvalue weighted by molar-refractivity contribution is 6.39. The molecule has 36 heavy (non-hydrogen) atoms. The van der Waals surface area contributed by atoms with Gasteiger partial charge in [-0.2, -0.15) is 0 Å². The number of aryl methyl sites for hydroxylation is 1. The highest BCUT2D eigenvalue weighted by Crippen LogP contribution is 2.30. The highest BCUT2D eigenvalue weighted by atomic mass is 16.6. The number of imide groups is 2. The number of amides is 4. The van der Waals surface area contributed by atoms with Gasteiger partial charge in [0.05, 0.1) is 17.7 Å². The summed E-state index contributed by atoms with van der Waals surface area (Å²) in [5.74, 6) is -0.885. The second-order valence-corrected chi connectivity index (χ2v) is 7.86. The molecule has 3 aromatic carbocycles. The van der Waals surface area contributed by atoms with Crippen LogP contribution in [0.1, 0.15) is 16.7 Å². The molecule has 1 fully saturated rings. The van der Waals surface area contributed by atoms with Crippen LogP contribution >= 0.6 is 0 Å². The van der Waals surface area contributed by atoms with Gasteiger partial charge in [-0.1, -0.05) is 30.3 Å². The number of carbonyl (C=O) groups excluding carboxylic acids is 3. The molecule has 4 amide bonds. The predicted octanol–water partition coefficient (Wildman–Crippen LogP) is 4.16. The number of carbonyl (C=O) groups is 3. The molecule has 10 nitrogen and oxygen atoms in total. The summed E-state index contributed by atoms with van der Waals surface area (Å²) in [6, 6.07) is 16.8. The van der Waals surface area contributed by atoms with Crippen LogP contribution in [0.5, 0.6) is 11.5 Å². The number of nitro groups is 1. The largest absolute Gasteiger partial charge is 0.497 e. The second-order valence-electron chi connectivity index (χ2n) is 7.86. The smallest absolute Gasteiger partial charge is 0.335 e. The van der Waals surface area contributed by atoms with Gasteiger partial charge in [0.2, 0.25) is 0 Å². The third-order valence-electron chi connectivity index (χ3n) is 5.49. The first-order chi connectivity index (χ1) is 17.3. The fourth-order valence-electron chi connectivity index (χ4n) is 3.65. The zero-order chi connectivity index (χ0) is 25.8. The van der Waals surface area contributed by atoms with E-state index < -0.39 is 22.8 Å². The molecule has 1 aliphatic rings. The predicted molar refractivity (Wildman–Crippen MR) is 131 cm³/mol. The minimum Gasteiger partial charge on any atom is -0.497 e. The fourth-order valence-corrected chi connectivity index (χ4v) is 3.65. The Kier molecular flexibility index (Phi) is 6.77. The summed E-state index contributed by atoms with van der Waals surface area (Å²) >= 11 is 0. The van der Waals surface area contributed by atoms with Crippen LogP contribution in [0.25, 0.3) is 6.08 Å². The van der Waals surface area contributed by atoms with Crippen molar-refractivity contribution in [3.05, 3.63) is 99.1 Å². The molecule has 1 heterocycles. The quantitative estimate of drug-likeness (QED) is 0.229. The van der Waals surface area contributed by atoms with E-state index >= 15 is 0 Å². The van der Waals surface area contributed by atoms with Crippen molar-refractivity contribution in [1.29, 1.82) is 0 Å². The van der Waals surface area contributed by atoms with Crippen LogP contribution in [0.2, 0.25) is 0 Å². The van der Waals surface area contributed by atoms with Crippen LogP contribution in [-0.2, 0) is 16.2 Å². The summed E-state index contributed by atoms with van der Waals surface area (Å²) in [6.45, 7) is 1.73. The molecule has 1 saturated heterocycles. The summed E-state index contributed by atoms with van der Waals surface area (Å²) < 4.78 is 11.2. The van der Waals surface area contributed by atoms with Gasteiger partial charge in [0, 0.05) is 23.8 Å². The average Bonchev–Trinajstić information content (AvgIpc) is 2.86. The lowest BCUT2D eigenvalue weighted by molar-refractivity contribution is -0.384. The molecule has 0 aromatic heterocycles. The van der Waals surface area contributed by atoms with Crippen LogP contribution in [0.4, 0.5) is 16.2 Å². The number of anilines is 1. The molecule has 0 bridgehead atoms. The van der Waals surface area contributed by atoms with Crippen molar-refractivity contribution in [2.24, 2.45) is 0 Å². The number of barbiturate groups is 1. The zero-order valence-corrected chi connectivity index (χ0v) is 19.4. The van der Waals surface area contributed by atoms with E-state index in [0.29, 0.717) is 28.1 Å². The number of hydrogen-bond donors (Lipinski definition) is 1. The van der Waals surface area contributed by atoms with E-state index in [1.54, 1.807) is 61.5 Å². The standard InChI is InChI=1S/C26H21N3O7/c1-16-6-3-4-9-22(16)28-25(31)21(24(30)27-26(28)32)13-18-10-11-20(35-2)14-23(18)36-15-17-7-5-8-19(12-17)29(33)34/h3-14H,15H2,1-2H3,(H,27,30,32)/b21-13+. The number of urea groups is 1. The van der Waals surface area contributed by atoms with Crippen LogP contribution in [0, 0.1) is 17.0 Å². The van der Waals surface area contributed by atoms with E-state index in [2.05, 4.69) is 5.32 Å². The Hall–Kier alpha value is -4.99. The molecule has 0 saturated carbocycles. The molecule has 1 aliphatic heterocycles. The normalized spacial score (nSPS) is 14.6. The lowest BCUT2D eigenvalue weighted by Gasteiger charge is -2.27. The second kappa shape index (κ2) is 10.1. The lowest BCUT2D eigenvalue weighted by Crippen LogP contribution is -2.54. The Morgan fingerprint density at radius 1 is 1.03 bits per heavy atom. The number of para-hydroxylation sites is 1. The minimum atomic E-state index is -0.840. The molecule has 0 aliphatic carbocycles. The molecule has 0 radical (unpaired) electrons. The van der Waals surface area contributed by atoms with E-state index in [1.165, 1.54) is 25.3 Å². The Bertz CT molecular complexity index is 1410. The van der Waals surface area contributed by atoms with Crippen LogP contribution < -0.4 is 19.7 Å².